The predicted molar refractivity (Wildman–Crippen MR) is 86.6 cm³/mol. The van der Waals surface area contributed by atoms with E-state index in [-0.39, 0.29) is 11.4 Å². The van der Waals surface area contributed by atoms with Gasteiger partial charge in [0, 0.05) is 6.20 Å². The van der Waals surface area contributed by atoms with Crippen LogP contribution >= 0.6 is 11.3 Å². The summed E-state index contributed by atoms with van der Waals surface area (Å²) in [6.45, 7) is 1.87. The molecule has 2 aromatic carbocycles. The smallest absolute Gasteiger partial charge is 0.260 e. The highest BCUT2D eigenvalue weighted by atomic mass is 32.1. The number of halogens is 2. The maximum absolute atomic E-state index is 13.6. The van der Waals surface area contributed by atoms with E-state index >= 15 is 0 Å². The molecule has 1 N–H and O–H groups in total. The SMILES string of the molecule is Cc1ccc(F)cc1-c1cnc(NC(=O)c2ccccc2F)s1. The van der Waals surface area contributed by atoms with Crippen LogP contribution in [0.1, 0.15) is 15.9 Å². The van der Waals surface area contributed by atoms with Gasteiger partial charge in [-0.3, -0.25) is 10.1 Å². The van der Waals surface area contributed by atoms with Crippen molar-refractivity contribution in [2.24, 2.45) is 0 Å². The molecule has 0 radical (unpaired) electrons. The van der Waals surface area contributed by atoms with Crippen molar-refractivity contribution in [3.63, 3.8) is 0 Å². The summed E-state index contributed by atoms with van der Waals surface area (Å²) in [7, 11) is 0. The molecule has 1 heterocycles. The molecule has 0 unspecified atom stereocenters. The highest BCUT2D eigenvalue weighted by molar-refractivity contribution is 7.19. The molecule has 1 aromatic heterocycles. The normalized spacial score (nSPS) is 10.6. The van der Waals surface area contributed by atoms with Crippen LogP contribution in [0.4, 0.5) is 13.9 Å². The number of hydrogen-bond donors (Lipinski definition) is 1. The Bertz CT molecular complexity index is 877. The second-order valence-electron chi connectivity index (χ2n) is 4.92. The van der Waals surface area contributed by atoms with E-state index in [1.165, 1.54) is 41.7 Å². The maximum Gasteiger partial charge on any atom is 0.260 e. The van der Waals surface area contributed by atoms with Gasteiger partial charge in [0.15, 0.2) is 5.13 Å². The van der Waals surface area contributed by atoms with Crippen LogP contribution in [-0.4, -0.2) is 10.9 Å². The second kappa shape index (κ2) is 6.26. The lowest BCUT2D eigenvalue weighted by molar-refractivity contribution is 0.102. The molecule has 0 bridgehead atoms. The third-order valence-corrected chi connectivity index (χ3v) is 4.26. The van der Waals surface area contributed by atoms with E-state index in [9.17, 15) is 13.6 Å². The van der Waals surface area contributed by atoms with Crippen molar-refractivity contribution < 1.29 is 13.6 Å². The van der Waals surface area contributed by atoms with Crippen molar-refractivity contribution in [3.8, 4) is 10.4 Å². The zero-order valence-corrected chi connectivity index (χ0v) is 13.0. The van der Waals surface area contributed by atoms with E-state index in [2.05, 4.69) is 10.3 Å². The number of aromatic nitrogens is 1. The van der Waals surface area contributed by atoms with Crippen molar-refractivity contribution in [1.29, 1.82) is 0 Å². The summed E-state index contributed by atoms with van der Waals surface area (Å²) in [6.07, 6.45) is 1.56. The van der Waals surface area contributed by atoms with Crippen molar-refractivity contribution in [1.82, 2.24) is 4.98 Å². The minimum Gasteiger partial charge on any atom is -0.298 e. The van der Waals surface area contributed by atoms with Gasteiger partial charge in [-0.25, -0.2) is 13.8 Å². The van der Waals surface area contributed by atoms with E-state index in [1.807, 2.05) is 6.92 Å². The number of hydrogen-bond acceptors (Lipinski definition) is 3. The molecule has 23 heavy (non-hydrogen) atoms. The summed E-state index contributed by atoms with van der Waals surface area (Å²) < 4.78 is 27.0. The predicted octanol–water partition coefficient (Wildman–Crippen LogP) is 4.65. The number of carbonyl (C=O) groups excluding carboxylic acids is 1. The third kappa shape index (κ3) is 3.27. The highest BCUT2D eigenvalue weighted by Crippen LogP contribution is 2.32. The van der Waals surface area contributed by atoms with Gasteiger partial charge in [-0.2, -0.15) is 0 Å². The van der Waals surface area contributed by atoms with Crippen LogP contribution in [0, 0.1) is 18.6 Å². The molecular formula is C17H12F2N2OS. The summed E-state index contributed by atoms with van der Waals surface area (Å²) in [6, 6.07) is 10.2. The molecule has 0 aliphatic carbocycles. The number of anilines is 1. The van der Waals surface area contributed by atoms with Crippen molar-refractivity contribution >= 4 is 22.4 Å². The van der Waals surface area contributed by atoms with Crippen LogP contribution in [0.3, 0.4) is 0 Å². The van der Waals surface area contributed by atoms with Gasteiger partial charge in [0.05, 0.1) is 10.4 Å². The number of benzene rings is 2. The molecule has 0 saturated carbocycles. The van der Waals surface area contributed by atoms with Crippen LogP contribution in [0.2, 0.25) is 0 Å². The number of nitrogens with zero attached hydrogens (tertiary/aromatic N) is 1. The lowest BCUT2D eigenvalue weighted by atomic mass is 10.1. The molecule has 3 nitrogen and oxygen atoms in total. The van der Waals surface area contributed by atoms with Crippen LogP contribution in [0.15, 0.2) is 48.7 Å². The van der Waals surface area contributed by atoms with Gasteiger partial charge in [0.2, 0.25) is 0 Å². The van der Waals surface area contributed by atoms with Crippen LogP contribution in [-0.2, 0) is 0 Å². The third-order valence-electron chi connectivity index (χ3n) is 3.31. The standard InChI is InChI=1S/C17H12F2N2OS/c1-10-6-7-11(18)8-13(10)15-9-20-17(23-15)21-16(22)12-4-2-3-5-14(12)19/h2-9H,1H3,(H,20,21,22). The first kappa shape index (κ1) is 15.3. The molecule has 0 fully saturated rings. The number of nitrogens with one attached hydrogen (secondary N) is 1. The minimum atomic E-state index is -0.595. The Morgan fingerprint density at radius 1 is 1.17 bits per heavy atom. The lowest BCUT2D eigenvalue weighted by Crippen LogP contribution is -2.13. The Morgan fingerprint density at radius 3 is 2.74 bits per heavy atom. The number of thiazole rings is 1. The van der Waals surface area contributed by atoms with Crippen molar-refractivity contribution in [3.05, 3.63) is 71.4 Å². The van der Waals surface area contributed by atoms with Crippen molar-refractivity contribution in [2.75, 3.05) is 5.32 Å². The van der Waals surface area contributed by atoms with E-state index in [1.54, 1.807) is 18.3 Å². The van der Waals surface area contributed by atoms with Crippen LogP contribution in [0.5, 0.6) is 0 Å². The fraction of sp³-hybridized carbons (Fsp3) is 0.0588. The quantitative estimate of drug-likeness (QED) is 0.759. The van der Waals surface area contributed by atoms with Crippen molar-refractivity contribution in [2.45, 2.75) is 6.92 Å². The molecule has 1 amide bonds. The van der Waals surface area contributed by atoms with Gasteiger partial charge >= 0.3 is 0 Å². The molecule has 0 aliphatic heterocycles. The Morgan fingerprint density at radius 2 is 1.96 bits per heavy atom. The average Bonchev–Trinajstić information content (AvgIpc) is 2.98. The molecule has 0 atom stereocenters. The van der Waals surface area contributed by atoms with Crippen LogP contribution < -0.4 is 5.32 Å². The van der Waals surface area contributed by atoms with E-state index in [0.29, 0.717) is 10.7 Å². The Kier molecular flexibility index (Phi) is 4.16. The molecule has 3 rings (SSSR count). The van der Waals surface area contributed by atoms with E-state index in [4.69, 9.17) is 0 Å². The molecule has 0 aliphatic rings. The average molecular weight is 330 g/mol. The summed E-state index contributed by atoms with van der Waals surface area (Å²) in [5.74, 6) is -1.50. The first-order chi connectivity index (χ1) is 11.0. The van der Waals surface area contributed by atoms with Gasteiger partial charge in [-0.15, -0.1) is 0 Å². The molecular weight excluding hydrogens is 318 g/mol. The Balaban J connectivity index is 1.84. The van der Waals surface area contributed by atoms with Gasteiger partial charge in [0.25, 0.3) is 5.91 Å². The van der Waals surface area contributed by atoms with E-state index in [0.717, 1.165) is 10.4 Å². The van der Waals surface area contributed by atoms with Crippen LogP contribution in [0.25, 0.3) is 10.4 Å². The molecule has 6 heteroatoms. The first-order valence-electron chi connectivity index (χ1n) is 6.83. The Hall–Kier alpha value is -2.60. The summed E-state index contributed by atoms with van der Waals surface area (Å²) in [5.41, 5.74) is 1.57. The second-order valence-corrected chi connectivity index (χ2v) is 5.95. The Labute approximate surface area is 135 Å². The number of rotatable bonds is 3. The van der Waals surface area contributed by atoms with Gasteiger partial charge < -0.3 is 0 Å². The maximum atomic E-state index is 13.6. The molecule has 3 aromatic rings. The number of carbonyl (C=O) groups is 1. The molecule has 0 saturated heterocycles. The molecule has 0 spiro atoms. The van der Waals surface area contributed by atoms with Gasteiger partial charge in [0.1, 0.15) is 11.6 Å². The summed E-state index contributed by atoms with van der Waals surface area (Å²) in [4.78, 5) is 16.9. The summed E-state index contributed by atoms with van der Waals surface area (Å²) >= 11 is 1.21. The largest absolute Gasteiger partial charge is 0.298 e. The minimum absolute atomic E-state index is 0.0498. The zero-order valence-electron chi connectivity index (χ0n) is 12.1. The highest BCUT2D eigenvalue weighted by Gasteiger charge is 2.14. The monoisotopic (exact) mass is 330 g/mol. The number of aryl methyl sites for hydroxylation is 1. The number of amides is 1. The topological polar surface area (TPSA) is 42.0 Å². The lowest BCUT2D eigenvalue weighted by Gasteiger charge is -2.03. The first-order valence-corrected chi connectivity index (χ1v) is 7.64. The van der Waals surface area contributed by atoms with E-state index < -0.39 is 11.7 Å². The fourth-order valence-corrected chi connectivity index (χ4v) is 3.02. The van der Waals surface area contributed by atoms with Gasteiger partial charge in [-0.1, -0.05) is 29.5 Å². The van der Waals surface area contributed by atoms with Gasteiger partial charge in [-0.05, 0) is 42.3 Å². The summed E-state index contributed by atoms with van der Waals surface area (Å²) in [5, 5.41) is 2.89. The fourth-order valence-electron chi connectivity index (χ4n) is 2.13. The zero-order chi connectivity index (χ0) is 16.4. The molecule has 116 valence electrons.